The summed E-state index contributed by atoms with van der Waals surface area (Å²) in [4.78, 5) is 30.5. The van der Waals surface area contributed by atoms with Crippen LogP contribution in [0.4, 0.5) is 0 Å². The number of oxazole rings is 1. The van der Waals surface area contributed by atoms with E-state index in [1.807, 2.05) is 24.3 Å². The molecule has 1 saturated carbocycles. The Balaban J connectivity index is 1.41. The minimum absolute atomic E-state index is 0.0665. The predicted molar refractivity (Wildman–Crippen MR) is 105 cm³/mol. The Morgan fingerprint density at radius 2 is 2.00 bits per heavy atom. The fraction of sp³-hybridized carbons (Fsp3) is 0.500. The number of amides is 1. The normalized spacial score (nSPS) is 23.6. The second-order valence-electron chi connectivity index (χ2n) is 7.85. The van der Waals surface area contributed by atoms with E-state index >= 15 is 0 Å². The van der Waals surface area contributed by atoms with Crippen LogP contribution in [0.3, 0.4) is 0 Å². The number of nitrogens with zero attached hydrogens (tertiary/aromatic N) is 2. The molecule has 2 fully saturated rings. The van der Waals surface area contributed by atoms with Crippen molar-refractivity contribution in [3.63, 3.8) is 0 Å². The van der Waals surface area contributed by atoms with Crippen LogP contribution in [0.5, 0.6) is 5.75 Å². The smallest absolute Gasteiger partial charge is 0.326 e. The van der Waals surface area contributed by atoms with Crippen molar-refractivity contribution in [2.75, 3.05) is 7.11 Å². The van der Waals surface area contributed by atoms with Crippen molar-refractivity contribution < 1.29 is 23.8 Å². The van der Waals surface area contributed by atoms with Gasteiger partial charge in [-0.3, -0.25) is 4.79 Å². The molecule has 0 bridgehead atoms. The Kier molecular flexibility index (Phi) is 5.56. The summed E-state index contributed by atoms with van der Waals surface area (Å²) in [5, 5.41) is 9.60. The summed E-state index contributed by atoms with van der Waals surface area (Å²) < 4.78 is 11.0. The highest BCUT2D eigenvalue weighted by molar-refractivity contribution is 5.85. The number of fused-ring (bicyclic) bond motifs is 1. The van der Waals surface area contributed by atoms with Gasteiger partial charge in [0.05, 0.1) is 13.3 Å². The van der Waals surface area contributed by atoms with E-state index < -0.39 is 12.0 Å². The van der Waals surface area contributed by atoms with Gasteiger partial charge in [0.25, 0.3) is 0 Å². The number of carboxylic acid groups (broad SMARTS) is 1. The molecule has 1 saturated heterocycles. The van der Waals surface area contributed by atoms with Crippen LogP contribution in [-0.4, -0.2) is 46.1 Å². The first-order chi connectivity index (χ1) is 14.1. The first kappa shape index (κ1) is 19.5. The monoisotopic (exact) mass is 398 g/mol. The van der Waals surface area contributed by atoms with E-state index in [-0.39, 0.29) is 18.4 Å². The number of hydrogen-bond acceptors (Lipinski definition) is 5. The van der Waals surface area contributed by atoms with Crippen LogP contribution in [0.2, 0.25) is 0 Å². The van der Waals surface area contributed by atoms with Gasteiger partial charge in [-0.15, -0.1) is 0 Å². The summed E-state index contributed by atoms with van der Waals surface area (Å²) in [5.41, 5.74) is 0.881. The van der Waals surface area contributed by atoms with Gasteiger partial charge in [0.15, 0.2) is 11.7 Å². The van der Waals surface area contributed by atoms with Crippen molar-refractivity contribution in [3.05, 3.63) is 36.4 Å². The lowest BCUT2D eigenvalue weighted by Crippen LogP contribution is -2.46. The van der Waals surface area contributed by atoms with E-state index in [1.54, 1.807) is 18.2 Å². The van der Waals surface area contributed by atoms with Gasteiger partial charge in [0.1, 0.15) is 11.8 Å². The van der Waals surface area contributed by atoms with E-state index in [2.05, 4.69) is 4.98 Å². The van der Waals surface area contributed by atoms with Crippen LogP contribution in [0.25, 0.3) is 11.3 Å². The lowest BCUT2D eigenvalue weighted by Gasteiger charge is -2.33. The molecule has 154 valence electrons. The molecule has 1 aliphatic carbocycles. The predicted octanol–water partition coefficient (Wildman–Crippen LogP) is 3.53. The molecule has 29 heavy (non-hydrogen) atoms. The molecule has 1 amide bonds. The molecule has 1 aliphatic heterocycles. The first-order valence-electron chi connectivity index (χ1n) is 10.2. The van der Waals surface area contributed by atoms with E-state index in [9.17, 15) is 14.7 Å². The second kappa shape index (κ2) is 8.27. The third-order valence-electron chi connectivity index (χ3n) is 6.14. The van der Waals surface area contributed by atoms with Crippen LogP contribution in [-0.2, 0) is 16.0 Å². The van der Waals surface area contributed by atoms with Gasteiger partial charge < -0.3 is 19.2 Å². The molecular weight excluding hydrogens is 372 g/mol. The Morgan fingerprint density at radius 1 is 1.24 bits per heavy atom. The Hall–Kier alpha value is -2.83. The van der Waals surface area contributed by atoms with Gasteiger partial charge in [0, 0.05) is 24.4 Å². The zero-order valence-corrected chi connectivity index (χ0v) is 16.5. The van der Waals surface area contributed by atoms with Crippen LogP contribution in [0.1, 0.15) is 44.4 Å². The lowest BCUT2D eigenvalue weighted by atomic mass is 9.84. The third kappa shape index (κ3) is 3.99. The van der Waals surface area contributed by atoms with Crippen molar-refractivity contribution in [1.29, 1.82) is 0 Å². The Bertz CT molecular complexity index is 876. The Morgan fingerprint density at radius 3 is 2.72 bits per heavy atom. The van der Waals surface area contributed by atoms with Crippen molar-refractivity contribution in [2.24, 2.45) is 5.92 Å². The molecule has 0 spiro atoms. The van der Waals surface area contributed by atoms with Crippen molar-refractivity contribution in [1.82, 2.24) is 9.88 Å². The van der Waals surface area contributed by atoms with Crippen molar-refractivity contribution >= 4 is 11.9 Å². The van der Waals surface area contributed by atoms with Gasteiger partial charge >= 0.3 is 5.97 Å². The minimum atomic E-state index is -0.898. The molecule has 0 unspecified atom stereocenters. The highest BCUT2D eigenvalue weighted by atomic mass is 16.5. The number of rotatable bonds is 6. The first-order valence-corrected chi connectivity index (χ1v) is 10.2. The number of carboxylic acids is 1. The molecule has 1 N–H and O–H groups in total. The zero-order valence-electron chi connectivity index (χ0n) is 16.5. The van der Waals surface area contributed by atoms with Crippen LogP contribution >= 0.6 is 0 Å². The van der Waals surface area contributed by atoms with E-state index in [0.29, 0.717) is 30.4 Å². The van der Waals surface area contributed by atoms with Crippen molar-refractivity contribution in [3.8, 4) is 17.1 Å². The summed E-state index contributed by atoms with van der Waals surface area (Å²) >= 11 is 0. The number of ether oxygens (including phenoxy) is 1. The van der Waals surface area contributed by atoms with E-state index in [1.165, 1.54) is 0 Å². The quantitative estimate of drug-likeness (QED) is 0.800. The summed E-state index contributed by atoms with van der Waals surface area (Å²) in [5.74, 6) is 1.18. The number of aromatic nitrogens is 1. The van der Waals surface area contributed by atoms with Gasteiger partial charge in [-0.1, -0.05) is 12.8 Å². The number of carbonyl (C=O) groups is 2. The molecular formula is C22H26N2O5. The molecule has 2 aromatic rings. The van der Waals surface area contributed by atoms with Gasteiger partial charge in [-0.25, -0.2) is 9.78 Å². The fourth-order valence-corrected chi connectivity index (χ4v) is 4.70. The van der Waals surface area contributed by atoms with E-state index in [0.717, 1.165) is 37.0 Å². The van der Waals surface area contributed by atoms with Gasteiger partial charge in [0.2, 0.25) is 5.91 Å². The summed E-state index contributed by atoms with van der Waals surface area (Å²) in [7, 11) is 1.61. The number of aryl methyl sites for hydroxylation is 1. The maximum absolute atomic E-state index is 12.9. The molecule has 7 nitrogen and oxygen atoms in total. The summed E-state index contributed by atoms with van der Waals surface area (Å²) in [6.07, 6.45) is 6.89. The van der Waals surface area contributed by atoms with Crippen LogP contribution < -0.4 is 4.74 Å². The zero-order chi connectivity index (χ0) is 20.4. The molecule has 2 heterocycles. The molecule has 2 aliphatic rings. The molecule has 4 rings (SSSR count). The number of aliphatic carboxylic acids is 1. The number of hydrogen-bond donors (Lipinski definition) is 1. The second-order valence-corrected chi connectivity index (χ2v) is 7.85. The average Bonchev–Trinajstić information content (AvgIpc) is 3.37. The maximum atomic E-state index is 12.9. The molecule has 3 atom stereocenters. The maximum Gasteiger partial charge on any atom is 0.326 e. The van der Waals surface area contributed by atoms with Gasteiger partial charge in [-0.2, -0.15) is 0 Å². The van der Waals surface area contributed by atoms with Crippen LogP contribution in [0, 0.1) is 5.92 Å². The molecule has 1 aromatic heterocycles. The lowest BCUT2D eigenvalue weighted by molar-refractivity contribution is -0.149. The highest BCUT2D eigenvalue weighted by Gasteiger charge is 2.47. The average molecular weight is 398 g/mol. The minimum Gasteiger partial charge on any atom is -0.497 e. The largest absolute Gasteiger partial charge is 0.497 e. The highest BCUT2D eigenvalue weighted by Crippen LogP contribution is 2.40. The molecule has 1 aromatic carbocycles. The fourth-order valence-electron chi connectivity index (χ4n) is 4.70. The van der Waals surface area contributed by atoms with Crippen LogP contribution in [0.15, 0.2) is 34.9 Å². The van der Waals surface area contributed by atoms with Crippen molar-refractivity contribution in [2.45, 2.75) is 57.0 Å². The summed E-state index contributed by atoms with van der Waals surface area (Å²) in [6, 6.07) is 6.84. The summed E-state index contributed by atoms with van der Waals surface area (Å²) in [6.45, 7) is 0. The van der Waals surface area contributed by atoms with E-state index in [4.69, 9.17) is 9.15 Å². The topological polar surface area (TPSA) is 92.9 Å². The number of benzene rings is 1. The third-order valence-corrected chi connectivity index (χ3v) is 6.14. The SMILES string of the molecule is COc1ccc(-c2cnc(CCC(=O)N3[C@H](C(=O)O)C[C@@H]4CCCC[C@@H]43)o2)cc1. The number of methoxy groups -OCH3 is 1. The Labute approximate surface area is 169 Å². The number of likely N-dealkylation sites (tertiary alicyclic amines) is 1. The molecule has 7 heteroatoms. The van der Waals surface area contributed by atoms with Gasteiger partial charge in [-0.05, 0) is 49.4 Å². The number of carbonyl (C=O) groups excluding carboxylic acids is 1. The standard InChI is InChI=1S/C22H26N2O5/c1-28-16-8-6-14(7-9-16)19-13-23-20(29-19)10-11-21(25)24-17-5-3-2-4-15(17)12-18(24)22(26)27/h6-9,13,15,17-18H,2-5,10-12H2,1H3,(H,26,27)/t15-,17-,18-/m0/s1. The molecule has 0 radical (unpaired) electrons.